The lowest BCUT2D eigenvalue weighted by molar-refractivity contribution is 0.215. The van der Waals surface area contributed by atoms with Crippen molar-refractivity contribution in [3.63, 3.8) is 0 Å². The molecule has 1 aliphatic rings. The largest absolute Gasteiger partial charge is 0.508 e. The number of rotatable bonds is 3. The van der Waals surface area contributed by atoms with Gasteiger partial charge in [-0.1, -0.05) is 31.5 Å². The Hall–Kier alpha value is -1.02. The second kappa shape index (κ2) is 5.96. The van der Waals surface area contributed by atoms with Gasteiger partial charge in [-0.05, 0) is 51.0 Å². The summed E-state index contributed by atoms with van der Waals surface area (Å²) in [5.41, 5.74) is 2.22. The van der Waals surface area contributed by atoms with Crippen molar-refractivity contribution in [3.8, 4) is 5.75 Å². The van der Waals surface area contributed by atoms with E-state index >= 15 is 0 Å². The van der Waals surface area contributed by atoms with Gasteiger partial charge < -0.3 is 10.4 Å². The summed E-state index contributed by atoms with van der Waals surface area (Å²) in [6.45, 7) is 8.92. The number of hydrogen-bond acceptors (Lipinski definition) is 2. The van der Waals surface area contributed by atoms with Crippen LogP contribution in [0.1, 0.15) is 57.2 Å². The van der Waals surface area contributed by atoms with Crippen LogP contribution >= 0.6 is 0 Å². The van der Waals surface area contributed by atoms with Gasteiger partial charge in [-0.15, -0.1) is 0 Å². The Kier molecular flexibility index (Phi) is 4.51. The van der Waals surface area contributed by atoms with E-state index in [1.54, 1.807) is 6.07 Å². The van der Waals surface area contributed by atoms with Crippen molar-refractivity contribution in [1.82, 2.24) is 5.32 Å². The van der Waals surface area contributed by atoms with Crippen molar-refractivity contribution in [2.24, 2.45) is 11.8 Å². The fourth-order valence-corrected chi connectivity index (χ4v) is 3.34. The monoisotopic (exact) mass is 261 g/mol. The third-order valence-corrected chi connectivity index (χ3v) is 4.55. The lowest BCUT2D eigenvalue weighted by Gasteiger charge is -2.35. The van der Waals surface area contributed by atoms with Crippen LogP contribution in [0.25, 0.3) is 0 Å². The van der Waals surface area contributed by atoms with Crippen LogP contribution in [0.4, 0.5) is 0 Å². The molecule has 0 radical (unpaired) electrons. The quantitative estimate of drug-likeness (QED) is 0.855. The van der Waals surface area contributed by atoms with E-state index in [0.717, 1.165) is 17.4 Å². The molecular formula is C17H27NO. The Morgan fingerprint density at radius 3 is 2.68 bits per heavy atom. The summed E-state index contributed by atoms with van der Waals surface area (Å²) < 4.78 is 0. The molecule has 1 aliphatic carbocycles. The van der Waals surface area contributed by atoms with Crippen molar-refractivity contribution in [2.45, 2.75) is 59.0 Å². The van der Waals surface area contributed by atoms with Gasteiger partial charge in [0, 0.05) is 17.6 Å². The number of benzene rings is 1. The lowest BCUT2D eigenvalue weighted by Crippen LogP contribution is -2.40. The molecule has 1 saturated carbocycles. The molecule has 106 valence electrons. The maximum Gasteiger partial charge on any atom is 0.120 e. The van der Waals surface area contributed by atoms with Crippen LogP contribution in [-0.2, 0) is 0 Å². The minimum absolute atomic E-state index is 0.209. The molecule has 19 heavy (non-hydrogen) atoms. The van der Waals surface area contributed by atoms with Gasteiger partial charge in [0.1, 0.15) is 5.75 Å². The summed E-state index contributed by atoms with van der Waals surface area (Å²) in [5.74, 6) is 1.98. The van der Waals surface area contributed by atoms with Crippen LogP contribution in [0.5, 0.6) is 5.75 Å². The summed E-state index contributed by atoms with van der Waals surface area (Å²) >= 11 is 0. The summed E-state index contributed by atoms with van der Waals surface area (Å²) in [4.78, 5) is 0. The third kappa shape index (κ3) is 3.50. The van der Waals surface area contributed by atoms with Gasteiger partial charge in [0.2, 0.25) is 0 Å². The Morgan fingerprint density at radius 1 is 1.26 bits per heavy atom. The molecule has 1 fully saturated rings. The number of hydrogen-bond donors (Lipinski definition) is 2. The molecule has 0 aliphatic heterocycles. The fraction of sp³-hybridized carbons (Fsp3) is 0.647. The molecule has 1 aromatic rings. The van der Waals surface area contributed by atoms with Gasteiger partial charge in [0.15, 0.2) is 0 Å². The zero-order valence-corrected chi connectivity index (χ0v) is 12.6. The highest BCUT2D eigenvalue weighted by Crippen LogP contribution is 2.32. The fourth-order valence-electron chi connectivity index (χ4n) is 3.34. The molecule has 0 saturated heterocycles. The molecule has 0 bridgehead atoms. The molecule has 4 unspecified atom stereocenters. The van der Waals surface area contributed by atoms with Crippen molar-refractivity contribution in [3.05, 3.63) is 29.3 Å². The second-order valence-electron chi connectivity index (χ2n) is 6.45. The second-order valence-corrected chi connectivity index (χ2v) is 6.45. The third-order valence-electron chi connectivity index (χ3n) is 4.55. The van der Waals surface area contributed by atoms with Gasteiger partial charge in [-0.2, -0.15) is 0 Å². The highest BCUT2D eigenvalue weighted by molar-refractivity contribution is 5.37. The number of aryl methyl sites for hydroxylation is 1. The molecule has 1 aromatic carbocycles. The minimum Gasteiger partial charge on any atom is -0.508 e. The molecule has 2 rings (SSSR count). The first-order valence-corrected chi connectivity index (χ1v) is 7.53. The first kappa shape index (κ1) is 14.4. The van der Waals surface area contributed by atoms with E-state index in [2.05, 4.69) is 39.1 Å². The van der Waals surface area contributed by atoms with E-state index in [4.69, 9.17) is 0 Å². The minimum atomic E-state index is 0.209. The Labute approximate surface area is 117 Å². The average molecular weight is 261 g/mol. The van der Waals surface area contributed by atoms with E-state index in [1.807, 2.05) is 6.07 Å². The van der Waals surface area contributed by atoms with E-state index in [0.29, 0.717) is 11.8 Å². The number of nitrogens with one attached hydrogen (secondary N) is 1. The van der Waals surface area contributed by atoms with Gasteiger partial charge >= 0.3 is 0 Å². The Bertz CT molecular complexity index is 429. The predicted molar refractivity (Wildman–Crippen MR) is 80.4 cm³/mol. The van der Waals surface area contributed by atoms with Crippen molar-refractivity contribution in [1.29, 1.82) is 0 Å². The molecule has 2 heteroatoms. The van der Waals surface area contributed by atoms with Crippen LogP contribution in [0, 0.1) is 18.8 Å². The predicted octanol–water partition coefficient (Wildman–Crippen LogP) is 4.18. The zero-order chi connectivity index (χ0) is 14.0. The molecule has 0 heterocycles. The number of phenols is 1. The highest BCUT2D eigenvalue weighted by atomic mass is 16.3. The Morgan fingerprint density at radius 2 is 2.00 bits per heavy atom. The molecule has 0 amide bonds. The van der Waals surface area contributed by atoms with Crippen molar-refractivity contribution < 1.29 is 5.11 Å². The highest BCUT2D eigenvalue weighted by Gasteiger charge is 2.26. The summed E-state index contributed by atoms with van der Waals surface area (Å²) in [7, 11) is 0. The SMILES string of the molecule is Cc1ccc(O)c(C(C)NC2CCC(C)CC2C)c1. The van der Waals surface area contributed by atoms with Gasteiger partial charge in [0.05, 0.1) is 0 Å². The summed E-state index contributed by atoms with van der Waals surface area (Å²) in [6, 6.07) is 6.63. The van der Waals surface area contributed by atoms with E-state index in [-0.39, 0.29) is 6.04 Å². The zero-order valence-electron chi connectivity index (χ0n) is 12.6. The Balaban J connectivity index is 2.04. The maximum absolute atomic E-state index is 10.0. The van der Waals surface area contributed by atoms with Crippen molar-refractivity contribution >= 4 is 0 Å². The standard InChI is InChI=1S/C17H27NO/c1-11-5-7-16(13(3)9-11)18-14(4)15-10-12(2)6-8-17(15)19/h6,8,10-11,13-14,16,18-19H,5,7,9H2,1-4H3. The van der Waals surface area contributed by atoms with Crippen molar-refractivity contribution in [2.75, 3.05) is 0 Å². The average Bonchev–Trinajstić information content (AvgIpc) is 2.35. The molecule has 2 N–H and O–H groups in total. The first-order valence-electron chi connectivity index (χ1n) is 7.53. The van der Waals surface area contributed by atoms with E-state index < -0.39 is 0 Å². The van der Waals surface area contributed by atoms with Crippen LogP contribution < -0.4 is 5.32 Å². The van der Waals surface area contributed by atoms with Crippen LogP contribution in [-0.4, -0.2) is 11.1 Å². The topological polar surface area (TPSA) is 32.3 Å². The number of phenolic OH excluding ortho intramolecular Hbond substituents is 1. The maximum atomic E-state index is 10.0. The normalized spacial score (nSPS) is 29.2. The molecule has 4 atom stereocenters. The number of aromatic hydroxyl groups is 1. The van der Waals surface area contributed by atoms with Crippen LogP contribution in [0.2, 0.25) is 0 Å². The molecular weight excluding hydrogens is 234 g/mol. The van der Waals surface area contributed by atoms with Crippen LogP contribution in [0.15, 0.2) is 18.2 Å². The molecule has 2 nitrogen and oxygen atoms in total. The molecule has 0 spiro atoms. The van der Waals surface area contributed by atoms with E-state index in [9.17, 15) is 5.11 Å². The van der Waals surface area contributed by atoms with E-state index in [1.165, 1.54) is 24.8 Å². The van der Waals surface area contributed by atoms with Gasteiger partial charge in [0.25, 0.3) is 0 Å². The smallest absolute Gasteiger partial charge is 0.120 e. The van der Waals surface area contributed by atoms with Gasteiger partial charge in [-0.3, -0.25) is 0 Å². The molecule has 0 aromatic heterocycles. The first-order chi connectivity index (χ1) is 8.97. The summed E-state index contributed by atoms with van der Waals surface area (Å²) in [5, 5.41) is 13.7. The van der Waals surface area contributed by atoms with Crippen LogP contribution in [0.3, 0.4) is 0 Å². The summed E-state index contributed by atoms with van der Waals surface area (Å²) in [6.07, 6.45) is 3.87. The van der Waals surface area contributed by atoms with Gasteiger partial charge in [-0.25, -0.2) is 0 Å². The lowest BCUT2D eigenvalue weighted by atomic mass is 9.79.